The number of fused-ring (bicyclic) bond motifs is 5. The van der Waals surface area contributed by atoms with Crippen LogP contribution >= 0.6 is 11.3 Å². The normalized spacial score (nSPS) is 15.9. The zero-order chi connectivity index (χ0) is 21.5. The molecule has 1 N–H and O–H groups in total. The molecule has 1 amide bonds. The van der Waals surface area contributed by atoms with Gasteiger partial charge in [0.15, 0.2) is 5.65 Å². The molecule has 0 saturated carbocycles. The summed E-state index contributed by atoms with van der Waals surface area (Å²) in [7, 11) is 1.60. The van der Waals surface area contributed by atoms with Gasteiger partial charge in [-0.25, -0.2) is 18.9 Å². The molecule has 160 valence electrons. The predicted octanol–water partition coefficient (Wildman–Crippen LogP) is 2.56. The molecule has 0 radical (unpaired) electrons. The molecule has 8 nitrogen and oxygen atoms in total. The summed E-state index contributed by atoms with van der Waals surface area (Å²) in [5.41, 5.74) is 2.41. The minimum Gasteiger partial charge on any atom is -0.497 e. The average Bonchev–Trinajstić information content (AvgIpc) is 3.29. The van der Waals surface area contributed by atoms with Crippen molar-refractivity contribution in [1.82, 2.24) is 24.5 Å². The zero-order valence-electron chi connectivity index (χ0n) is 17.4. The maximum atomic E-state index is 12.8. The number of nitrogens with zero attached hydrogens (tertiary/aromatic N) is 4. The van der Waals surface area contributed by atoms with Gasteiger partial charge in [-0.2, -0.15) is 0 Å². The number of amides is 1. The first-order valence-corrected chi connectivity index (χ1v) is 11.1. The predicted molar refractivity (Wildman–Crippen MR) is 119 cm³/mol. The van der Waals surface area contributed by atoms with Crippen molar-refractivity contribution >= 4 is 33.1 Å². The van der Waals surface area contributed by atoms with E-state index >= 15 is 0 Å². The highest BCUT2D eigenvalue weighted by atomic mass is 32.1. The molecular formula is C22H23N5O3S. The third-order valence-corrected chi connectivity index (χ3v) is 6.96. The fourth-order valence-electron chi connectivity index (χ4n) is 4.14. The smallest absolute Gasteiger partial charge is 0.352 e. The van der Waals surface area contributed by atoms with Crippen molar-refractivity contribution in [1.29, 1.82) is 0 Å². The van der Waals surface area contributed by atoms with Gasteiger partial charge in [0.05, 0.1) is 12.5 Å². The highest BCUT2D eigenvalue weighted by molar-refractivity contribution is 7.19. The third-order valence-electron chi connectivity index (χ3n) is 5.79. The number of thiophene rings is 1. The van der Waals surface area contributed by atoms with E-state index in [0.29, 0.717) is 18.1 Å². The van der Waals surface area contributed by atoms with Crippen LogP contribution in [0.1, 0.15) is 29.3 Å². The second-order valence-electron chi connectivity index (χ2n) is 8.04. The van der Waals surface area contributed by atoms with E-state index in [0.717, 1.165) is 40.8 Å². The Morgan fingerprint density at radius 1 is 1.39 bits per heavy atom. The molecule has 1 atom stereocenters. The lowest BCUT2D eigenvalue weighted by Crippen LogP contribution is -2.32. The Labute approximate surface area is 182 Å². The van der Waals surface area contributed by atoms with Gasteiger partial charge in [-0.3, -0.25) is 4.79 Å². The Balaban J connectivity index is 1.41. The van der Waals surface area contributed by atoms with E-state index in [9.17, 15) is 9.59 Å². The highest BCUT2D eigenvalue weighted by Gasteiger charge is 2.24. The van der Waals surface area contributed by atoms with Crippen molar-refractivity contribution in [2.24, 2.45) is 5.92 Å². The van der Waals surface area contributed by atoms with Crippen LogP contribution in [-0.2, 0) is 30.7 Å². The van der Waals surface area contributed by atoms with Gasteiger partial charge >= 0.3 is 5.69 Å². The van der Waals surface area contributed by atoms with E-state index < -0.39 is 0 Å². The molecule has 31 heavy (non-hydrogen) atoms. The van der Waals surface area contributed by atoms with Gasteiger partial charge in [-0.15, -0.1) is 16.4 Å². The van der Waals surface area contributed by atoms with Crippen LogP contribution in [0.4, 0.5) is 0 Å². The summed E-state index contributed by atoms with van der Waals surface area (Å²) in [5.74, 6) is 1.11. The quantitative estimate of drug-likeness (QED) is 0.518. The van der Waals surface area contributed by atoms with Crippen LogP contribution in [0, 0.1) is 5.92 Å². The monoisotopic (exact) mass is 437 g/mol. The zero-order valence-corrected chi connectivity index (χ0v) is 18.2. The van der Waals surface area contributed by atoms with Crippen molar-refractivity contribution < 1.29 is 9.53 Å². The summed E-state index contributed by atoms with van der Waals surface area (Å²) in [6, 6.07) is 7.48. The van der Waals surface area contributed by atoms with E-state index in [4.69, 9.17) is 4.74 Å². The van der Waals surface area contributed by atoms with Gasteiger partial charge in [-0.05, 0) is 48.4 Å². The Morgan fingerprint density at radius 2 is 2.26 bits per heavy atom. The minimum atomic E-state index is -0.356. The Morgan fingerprint density at radius 3 is 3.10 bits per heavy atom. The van der Waals surface area contributed by atoms with E-state index in [-0.39, 0.29) is 18.1 Å². The van der Waals surface area contributed by atoms with Crippen LogP contribution in [0.15, 0.2) is 35.4 Å². The number of ether oxygens (including phenoxy) is 1. The molecule has 3 aromatic heterocycles. The number of benzene rings is 1. The standard InChI is InChI=1S/C22H23N5O3S/c1-13-6-7-16-17(8-13)31-21-19(16)20-25-27(22(29)26(20)12-24-21)11-18(28)23-10-14-4-3-5-15(9-14)30-2/h3-5,9,12-13H,6-8,10-11H2,1-2H3,(H,23,28)/t13-/m0/s1. The molecular weight excluding hydrogens is 414 g/mol. The van der Waals surface area contributed by atoms with Gasteiger partial charge in [-0.1, -0.05) is 19.1 Å². The van der Waals surface area contributed by atoms with Crippen LogP contribution in [0.5, 0.6) is 5.75 Å². The van der Waals surface area contributed by atoms with Crippen LogP contribution in [0.3, 0.4) is 0 Å². The van der Waals surface area contributed by atoms with Gasteiger partial charge < -0.3 is 10.1 Å². The molecule has 1 aromatic carbocycles. The molecule has 1 aliphatic carbocycles. The van der Waals surface area contributed by atoms with E-state index in [2.05, 4.69) is 22.3 Å². The summed E-state index contributed by atoms with van der Waals surface area (Å²) in [6.07, 6.45) is 4.65. The lowest BCUT2D eigenvalue weighted by atomic mass is 9.89. The summed E-state index contributed by atoms with van der Waals surface area (Å²) < 4.78 is 7.87. The Bertz CT molecular complexity index is 1350. The second kappa shape index (κ2) is 7.81. The van der Waals surface area contributed by atoms with Crippen molar-refractivity contribution in [3.8, 4) is 5.75 Å². The number of hydrogen-bond donors (Lipinski definition) is 1. The molecule has 0 saturated heterocycles. The molecule has 0 fully saturated rings. The maximum absolute atomic E-state index is 12.8. The number of methoxy groups -OCH3 is 1. The highest BCUT2D eigenvalue weighted by Crippen LogP contribution is 2.38. The van der Waals surface area contributed by atoms with Crippen molar-refractivity contribution in [2.75, 3.05) is 7.11 Å². The minimum absolute atomic E-state index is 0.144. The van der Waals surface area contributed by atoms with Crippen LogP contribution in [0.25, 0.3) is 15.9 Å². The van der Waals surface area contributed by atoms with Crippen molar-refractivity contribution in [2.45, 2.75) is 39.3 Å². The SMILES string of the molecule is COc1cccc(CNC(=O)Cn2nc3c4c5c(sc4ncn3c2=O)C[C@@H](C)CC5)c1. The van der Waals surface area contributed by atoms with E-state index in [1.165, 1.54) is 25.9 Å². The number of rotatable bonds is 5. The van der Waals surface area contributed by atoms with Gasteiger partial charge in [0.1, 0.15) is 23.5 Å². The molecule has 1 aliphatic rings. The first-order valence-electron chi connectivity index (χ1n) is 10.3. The number of aryl methyl sites for hydroxylation is 1. The summed E-state index contributed by atoms with van der Waals surface area (Å²) >= 11 is 1.69. The lowest BCUT2D eigenvalue weighted by molar-refractivity contribution is -0.122. The topological polar surface area (TPSA) is 90.5 Å². The molecule has 0 unspecified atom stereocenters. The number of aromatic nitrogens is 4. The van der Waals surface area contributed by atoms with E-state index in [1.54, 1.807) is 18.4 Å². The van der Waals surface area contributed by atoms with Gasteiger partial charge in [0.2, 0.25) is 5.91 Å². The third kappa shape index (κ3) is 3.59. The second-order valence-corrected chi connectivity index (χ2v) is 9.12. The van der Waals surface area contributed by atoms with Crippen molar-refractivity contribution in [3.63, 3.8) is 0 Å². The van der Waals surface area contributed by atoms with Crippen LogP contribution in [0.2, 0.25) is 0 Å². The summed E-state index contributed by atoms with van der Waals surface area (Å²) in [4.78, 5) is 32.1. The van der Waals surface area contributed by atoms with Crippen LogP contribution in [-0.4, -0.2) is 32.2 Å². The Hall–Kier alpha value is -3.20. The molecule has 5 rings (SSSR count). The van der Waals surface area contributed by atoms with E-state index in [1.807, 2.05) is 24.3 Å². The van der Waals surface area contributed by atoms with Gasteiger partial charge in [0.25, 0.3) is 0 Å². The van der Waals surface area contributed by atoms with Crippen molar-refractivity contribution in [3.05, 3.63) is 57.1 Å². The molecule has 9 heteroatoms. The molecule has 4 aromatic rings. The van der Waals surface area contributed by atoms with Crippen LogP contribution < -0.4 is 15.7 Å². The molecule has 0 aliphatic heterocycles. The molecule has 3 heterocycles. The summed E-state index contributed by atoms with van der Waals surface area (Å²) in [5, 5.41) is 8.32. The first-order chi connectivity index (χ1) is 15.0. The fraction of sp³-hybridized carbons (Fsp3) is 0.364. The van der Waals surface area contributed by atoms with Gasteiger partial charge in [0, 0.05) is 11.4 Å². The maximum Gasteiger partial charge on any atom is 0.352 e. The number of hydrogen-bond acceptors (Lipinski definition) is 6. The fourth-order valence-corrected chi connectivity index (χ4v) is 5.49. The first kappa shape index (κ1) is 19.7. The molecule has 0 bridgehead atoms. The lowest BCUT2D eigenvalue weighted by Gasteiger charge is -2.17. The Kier molecular flexibility index (Phi) is 4.97. The average molecular weight is 438 g/mol. The summed E-state index contributed by atoms with van der Waals surface area (Å²) in [6.45, 7) is 2.47. The number of nitrogens with one attached hydrogen (secondary N) is 1. The largest absolute Gasteiger partial charge is 0.497 e. The number of carbonyl (C=O) groups is 1. The molecule has 0 spiro atoms. The number of carbonyl (C=O) groups excluding carboxylic acids is 1.